The van der Waals surface area contributed by atoms with Crippen LogP contribution >= 0.6 is 0 Å². The van der Waals surface area contributed by atoms with Gasteiger partial charge in [-0.1, -0.05) is 18.2 Å². The summed E-state index contributed by atoms with van der Waals surface area (Å²) in [6.07, 6.45) is 3.37. The van der Waals surface area contributed by atoms with Gasteiger partial charge in [-0.25, -0.2) is 0 Å². The van der Waals surface area contributed by atoms with Crippen LogP contribution in [0.25, 0.3) is 10.9 Å². The lowest BCUT2D eigenvalue weighted by Crippen LogP contribution is -2.00. The van der Waals surface area contributed by atoms with Crippen molar-refractivity contribution in [2.24, 2.45) is 12.8 Å². The number of aromatic nitrogens is 1. The van der Waals surface area contributed by atoms with Gasteiger partial charge in [0.05, 0.1) is 0 Å². The molecule has 0 bridgehead atoms. The van der Waals surface area contributed by atoms with E-state index in [2.05, 4.69) is 42.1 Å². The van der Waals surface area contributed by atoms with E-state index in [4.69, 9.17) is 5.73 Å². The fraction of sp³-hybridized carbons (Fsp3) is 0.333. The second-order valence-electron chi connectivity index (χ2n) is 4.22. The van der Waals surface area contributed by atoms with Gasteiger partial charge in [-0.3, -0.25) is 0 Å². The van der Waals surface area contributed by atoms with Crippen LogP contribution in [0.2, 0.25) is 0 Å². The maximum absolute atomic E-state index is 5.89. The van der Waals surface area contributed by atoms with Gasteiger partial charge >= 0.3 is 0 Å². The van der Waals surface area contributed by atoms with Gasteiger partial charge < -0.3 is 10.3 Å². The Bertz CT molecular complexity index is 484. The minimum absolute atomic E-state index is 0.390. The molecule has 2 aromatic rings. The molecule has 2 atom stereocenters. The van der Waals surface area contributed by atoms with E-state index in [9.17, 15) is 0 Å². The average Bonchev–Trinajstić information content (AvgIpc) is 2.82. The van der Waals surface area contributed by atoms with Crippen LogP contribution in [0.3, 0.4) is 0 Å². The lowest BCUT2D eigenvalue weighted by Gasteiger charge is -1.94. The van der Waals surface area contributed by atoms with E-state index < -0.39 is 0 Å². The summed E-state index contributed by atoms with van der Waals surface area (Å²) >= 11 is 0. The summed E-state index contributed by atoms with van der Waals surface area (Å²) in [7, 11) is 2.10. The van der Waals surface area contributed by atoms with E-state index in [0.717, 1.165) is 6.42 Å². The minimum Gasteiger partial charge on any atom is -0.350 e. The molecule has 2 unspecified atom stereocenters. The first-order valence-electron chi connectivity index (χ1n) is 5.07. The smallest absolute Gasteiger partial charge is 0.0480 e. The van der Waals surface area contributed by atoms with Crippen LogP contribution in [0.5, 0.6) is 0 Å². The van der Waals surface area contributed by atoms with E-state index >= 15 is 0 Å². The second-order valence-corrected chi connectivity index (χ2v) is 4.22. The number of nitrogens with zero attached hydrogens (tertiary/aromatic N) is 1. The number of benzene rings is 1. The topological polar surface area (TPSA) is 30.9 Å². The molecule has 1 fully saturated rings. The predicted molar refractivity (Wildman–Crippen MR) is 58.3 cm³/mol. The number of hydrogen-bond acceptors (Lipinski definition) is 1. The Labute approximate surface area is 83.3 Å². The van der Waals surface area contributed by atoms with Gasteiger partial charge in [0, 0.05) is 36.1 Å². The van der Waals surface area contributed by atoms with Crippen molar-refractivity contribution in [2.75, 3.05) is 0 Å². The summed E-state index contributed by atoms with van der Waals surface area (Å²) in [4.78, 5) is 0. The maximum atomic E-state index is 5.89. The van der Waals surface area contributed by atoms with Crippen molar-refractivity contribution in [3.8, 4) is 0 Å². The molecule has 0 aliphatic heterocycles. The van der Waals surface area contributed by atoms with Gasteiger partial charge in [0.2, 0.25) is 0 Å². The number of nitrogens with two attached hydrogens (primary N) is 1. The second kappa shape index (κ2) is 2.61. The molecule has 0 spiro atoms. The summed E-state index contributed by atoms with van der Waals surface area (Å²) in [6.45, 7) is 0. The highest BCUT2D eigenvalue weighted by Gasteiger charge is 2.36. The number of fused-ring (bicyclic) bond motifs is 1. The Balaban J connectivity index is 2.24. The number of aryl methyl sites for hydroxylation is 1. The monoisotopic (exact) mass is 186 g/mol. The number of hydrogen-bond donors (Lipinski definition) is 1. The van der Waals surface area contributed by atoms with Crippen LogP contribution in [0.4, 0.5) is 0 Å². The van der Waals surface area contributed by atoms with Crippen LogP contribution < -0.4 is 5.73 Å². The molecule has 3 rings (SSSR count). The van der Waals surface area contributed by atoms with Crippen molar-refractivity contribution < 1.29 is 0 Å². The number of rotatable bonds is 1. The Hall–Kier alpha value is -1.28. The zero-order valence-electron chi connectivity index (χ0n) is 8.27. The third kappa shape index (κ3) is 1.01. The van der Waals surface area contributed by atoms with Gasteiger partial charge in [-0.05, 0) is 18.1 Å². The van der Waals surface area contributed by atoms with E-state index in [1.54, 1.807) is 0 Å². The van der Waals surface area contributed by atoms with Gasteiger partial charge in [0.1, 0.15) is 0 Å². The molecule has 1 saturated carbocycles. The average molecular weight is 186 g/mol. The summed E-state index contributed by atoms with van der Waals surface area (Å²) in [5.41, 5.74) is 8.62. The molecule has 72 valence electrons. The third-order valence-electron chi connectivity index (χ3n) is 3.17. The largest absolute Gasteiger partial charge is 0.350 e. The van der Waals surface area contributed by atoms with Crippen LogP contribution in [0.15, 0.2) is 30.5 Å². The molecular weight excluding hydrogens is 172 g/mol. The summed E-state index contributed by atoms with van der Waals surface area (Å²) in [6, 6.07) is 8.92. The van der Waals surface area contributed by atoms with E-state index in [0.29, 0.717) is 12.0 Å². The molecule has 2 N–H and O–H groups in total. The van der Waals surface area contributed by atoms with E-state index in [-0.39, 0.29) is 0 Å². The van der Waals surface area contributed by atoms with Crippen LogP contribution in [-0.2, 0) is 7.05 Å². The molecular formula is C12H14N2. The number of para-hydroxylation sites is 1. The zero-order valence-corrected chi connectivity index (χ0v) is 8.27. The quantitative estimate of drug-likeness (QED) is 0.725. The fourth-order valence-electron chi connectivity index (χ4n) is 2.24. The zero-order chi connectivity index (χ0) is 9.71. The van der Waals surface area contributed by atoms with Crippen LogP contribution in [0, 0.1) is 0 Å². The molecule has 2 nitrogen and oxygen atoms in total. The van der Waals surface area contributed by atoms with Gasteiger partial charge in [-0.15, -0.1) is 0 Å². The lowest BCUT2D eigenvalue weighted by atomic mass is 10.1. The Morgan fingerprint density at radius 2 is 2.07 bits per heavy atom. The normalized spacial score (nSPS) is 25.6. The fourth-order valence-corrected chi connectivity index (χ4v) is 2.24. The lowest BCUT2D eigenvalue weighted by molar-refractivity contribution is 0.938. The molecule has 0 radical (unpaired) electrons. The van der Waals surface area contributed by atoms with Gasteiger partial charge in [-0.2, -0.15) is 0 Å². The molecule has 14 heavy (non-hydrogen) atoms. The molecule has 1 heterocycles. The van der Waals surface area contributed by atoms with Gasteiger partial charge in [0.15, 0.2) is 0 Å². The highest BCUT2D eigenvalue weighted by Crippen LogP contribution is 2.42. The summed E-state index contributed by atoms with van der Waals surface area (Å²) in [5.74, 6) is 0.598. The van der Waals surface area contributed by atoms with Crippen LogP contribution in [-0.4, -0.2) is 10.6 Å². The molecule has 2 heteroatoms. The molecule has 1 aliphatic rings. The highest BCUT2D eigenvalue weighted by molar-refractivity contribution is 5.85. The minimum atomic E-state index is 0.390. The predicted octanol–water partition coefficient (Wildman–Crippen LogP) is 1.99. The van der Waals surface area contributed by atoms with Crippen molar-refractivity contribution in [1.82, 2.24) is 4.57 Å². The Morgan fingerprint density at radius 1 is 1.36 bits per heavy atom. The summed E-state index contributed by atoms with van der Waals surface area (Å²) < 4.78 is 2.19. The van der Waals surface area contributed by atoms with E-state index in [1.807, 2.05) is 0 Å². The Morgan fingerprint density at radius 3 is 2.79 bits per heavy atom. The van der Waals surface area contributed by atoms with Crippen molar-refractivity contribution in [2.45, 2.75) is 18.4 Å². The first-order valence-corrected chi connectivity index (χ1v) is 5.07. The Kier molecular flexibility index (Phi) is 1.50. The first-order chi connectivity index (χ1) is 6.77. The van der Waals surface area contributed by atoms with Crippen molar-refractivity contribution in [1.29, 1.82) is 0 Å². The standard InChI is InChI=1S/C12H14N2/c1-14-7-10(9-6-11(9)13)8-4-2-3-5-12(8)14/h2-5,7,9,11H,6,13H2,1H3. The maximum Gasteiger partial charge on any atom is 0.0480 e. The van der Waals surface area contributed by atoms with Crippen LogP contribution in [0.1, 0.15) is 17.9 Å². The van der Waals surface area contributed by atoms with Crippen molar-refractivity contribution in [3.63, 3.8) is 0 Å². The molecule has 1 aliphatic carbocycles. The first kappa shape index (κ1) is 8.06. The van der Waals surface area contributed by atoms with Crippen molar-refractivity contribution >= 4 is 10.9 Å². The SMILES string of the molecule is Cn1cc(C2CC2N)c2ccccc21. The highest BCUT2D eigenvalue weighted by atomic mass is 14.9. The molecule has 1 aromatic carbocycles. The summed E-state index contributed by atoms with van der Waals surface area (Å²) in [5, 5.41) is 1.37. The van der Waals surface area contributed by atoms with Crippen molar-refractivity contribution in [3.05, 3.63) is 36.0 Å². The van der Waals surface area contributed by atoms with E-state index in [1.165, 1.54) is 16.5 Å². The molecule has 1 aromatic heterocycles. The molecule has 0 amide bonds. The van der Waals surface area contributed by atoms with Gasteiger partial charge in [0.25, 0.3) is 0 Å². The molecule has 0 saturated heterocycles. The third-order valence-corrected chi connectivity index (χ3v) is 3.17.